The summed E-state index contributed by atoms with van der Waals surface area (Å²) in [5.41, 5.74) is 1.86. The highest BCUT2D eigenvalue weighted by Crippen LogP contribution is 2.37. The summed E-state index contributed by atoms with van der Waals surface area (Å²) < 4.78 is 7.06. The van der Waals surface area contributed by atoms with Crippen LogP contribution in [0.15, 0.2) is 41.5 Å². The number of ether oxygens (including phenoxy) is 1. The smallest absolute Gasteiger partial charge is 0.273 e. The lowest BCUT2D eigenvalue weighted by atomic mass is 10.1. The van der Waals surface area contributed by atoms with Crippen molar-refractivity contribution in [3.63, 3.8) is 0 Å². The Morgan fingerprint density at radius 1 is 1.18 bits per heavy atom. The summed E-state index contributed by atoms with van der Waals surface area (Å²) in [6.45, 7) is 0. The highest BCUT2D eigenvalue weighted by Gasteiger charge is 2.30. The number of methoxy groups -OCH3 is 1. The van der Waals surface area contributed by atoms with Crippen LogP contribution in [0.4, 0.5) is 17.2 Å². The van der Waals surface area contributed by atoms with Crippen LogP contribution < -0.4 is 26.2 Å². The van der Waals surface area contributed by atoms with Crippen LogP contribution in [0, 0.1) is 5.92 Å². The van der Waals surface area contributed by atoms with E-state index in [-0.39, 0.29) is 28.9 Å². The van der Waals surface area contributed by atoms with Crippen molar-refractivity contribution in [3.8, 4) is 17.0 Å². The van der Waals surface area contributed by atoms with Crippen LogP contribution in [0.3, 0.4) is 0 Å². The quantitative estimate of drug-likeness (QED) is 0.495. The summed E-state index contributed by atoms with van der Waals surface area (Å²) in [6, 6.07) is 6.91. The molecule has 2 heterocycles. The summed E-state index contributed by atoms with van der Waals surface area (Å²) in [7, 11) is 4.64. The van der Waals surface area contributed by atoms with Gasteiger partial charge in [-0.25, -0.2) is 4.98 Å². The second-order valence-corrected chi connectivity index (χ2v) is 7.57. The molecule has 3 N–H and O–H groups in total. The van der Waals surface area contributed by atoms with E-state index in [1.165, 1.54) is 24.9 Å². The molecular formula is C22H23N7O4. The lowest BCUT2D eigenvalue weighted by molar-refractivity contribution is -0.117. The third kappa shape index (κ3) is 4.66. The average molecular weight is 449 g/mol. The number of anilines is 3. The monoisotopic (exact) mass is 449 g/mol. The second-order valence-electron chi connectivity index (χ2n) is 7.57. The summed E-state index contributed by atoms with van der Waals surface area (Å²) in [4.78, 5) is 40.5. The number of nitrogens with one attached hydrogen (secondary N) is 3. The van der Waals surface area contributed by atoms with E-state index >= 15 is 0 Å². The van der Waals surface area contributed by atoms with E-state index < -0.39 is 5.91 Å². The van der Waals surface area contributed by atoms with E-state index in [1.807, 2.05) is 6.07 Å². The minimum atomic E-state index is -0.445. The van der Waals surface area contributed by atoms with Gasteiger partial charge in [0.1, 0.15) is 0 Å². The fourth-order valence-corrected chi connectivity index (χ4v) is 3.25. The second kappa shape index (κ2) is 9.07. The molecule has 0 spiro atoms. The number of nitrogens with zero attached hydrogens (tertiary/aromatic N) is 4. The van der Waals surface area contributed by atoms with Crippen LogP contribution in [-0.4, -0.2) is 45.7 Å². The molecule has 1 aliphatic rings. The van der Waals surface area contributed by atoms with Crippen molar-refractivity contribution >= 4 is 29.0 Å². The van der Waals surface area contributed by atoms with Crippen molar-refractivity contribution in [3.05, 3.63) is 52.7 Å². The van der Waals surface area contributed by atoms with Gasteiger partial charge in [-0.3, -0.25) is 14.4 Å². The molecular weight excluding hydrogens is 426 g/mol. The fraction of sp³-hybridized carbons (Fsp3) is 0.273. The van der Waals surface area contributed by atoms with Gasteiger partial charge < -0.3 is 25.3 Å². The van der Waals surface area contributed by atoms with Crippen molar-refractivity contribution < 1.29 is 14.3 Å². The third-order valence-corrected chi connectivity index (χ3v) is 5.18. The zero-order valence-electron chi connectivity index (χ0n) is 18.4. The highest BCUT2D eigenvalue weighted by atomic mass is 16.5. The molecule has 1 aliphatic carbocycles. The van der Waals surface area contributed by atoms with Gasteiger partial charge in [-0.2, -0.15) is 0 Å². The number of aromatic nitrogens is 4. The minimum absolute atomic E-state index is 0.00654. The van der Waals surface area contributed by atoms with Crippen molar-refractivity contribution in [2.24, 2.45) is 13.0 Å². The van der Waals surface area contributed by atoms with E-state index in [1.54, 1.807) is 31.4 Å². The Hall–Kier alpha value is -4.28. The van der Waals surface area contributed by atoms with E-state index in [0.717, 1.165) is 12.8 Å². The molecule has 33 heavy (non-hydrogen) atoms. The standard InChI is InChI=1S/C22H23N7O4/c1-23-22(32)19-15(9-17(27-28-19)26-21(31)12-7-8-12)25-14-6-4-5-13(20(14)33-3)16-11-29(2)18(30)10-24-16/h4-6,9-12H,7-8H2,1-3H3,(H,23,32)(H2,25,26,27,31). The number of aryl methyl sites for hydroxylation is 1. The number of hydrogen-bond acceptors (Lipinski definition) is 8. The summed E-state index contributed by atoms with van der Waals surface area (Å²) >= 11 is 0. The molecule has 3 aromatic rings. The molecule has 0 bridgehead atoms. The number of hydrogen-bond donors (Lipinski definition) is 3. The van der Waals surface area contributed by atoms with Crippen LogP contribution in [0.2, 0.25) is 0 Å². The summed E-state index contributed by atoms with van der Waals surface area (Å²) in [5.74, 6) is 0.111. The predicted molar refractivity (Wildman–Crippen MR) is 122 cm³/mol. The van der Waals surface area contributed by atoms with Crippen LogP contribution >= 0.6 is 0 Å². The molecule has 170 valence electrons. The first-order valence-corrected chi connectivity index (χ1v) is 10.3. The Labute approximate surface area is 189 Å². The summed E-state index contributed by atoms with van der Waals surface area (Å²) in [5, 5.41) is 16.4. The first-order valence-electron chi connectivity index (χ1n) is 10.3. The highest BCUT2D eigenvalue weighted by molar-refractivity contribution is 6.00. The van der Waals surface area contributed by atoms with Gasteiger partial charge in [0.05, 0.1) is 30.4 Å². The maximum atomic E-state index is 12.4. The first kappa shape index (κ1) is 21.9. The lowest BCUT2D eigenvalue weighted by Gasteiger charge is -2.17. The molecule has 11 nitrogen and oxygen atoms in total. The average Bonchev–Trinajstić information content (AvgIpc) is 3.66. The molecule has 0 aliphatic heterocycles. The molecule has 0 atom stereocenters. The zero-order chi connectivity index (χ0) is 23.5. The van der Waals surface area contributed by atoms with Gasteiger partial charge in [0.2, 0.25) is 5.91 Å². The van der Waals surface area contributed by atoms with Gasteiger partial charge in [0.15, 0.2) is 17.3 Å². The third-order valence-electron chi connectivity index (χ3n) is 5.18. The van der Waals surface area contributed by atoms with E-state index in [0.29, 0.717) is 28.4 Å². The van der Waals surface area contributed by atoms with E-state index in [4.69, 9.17) is 4.74 Å². The van der Waals surface area contributed by atoms with Crippen molar-refractivity contribution in [2.75, 3.05) is 24.8 Å². The minimum Gasteiger partial charge on any atom is -0.494 e. The van der Waals surface area contributed by atoms with Crippen LogP contribution in [-0.2, 0) is 11.8 Å². The van der Waals surface area contributed by atoms with Crippen molar-refractivity contribution in [1.82, 2.24) is 25.1 Å². The topological polar surface area (TPSA) is 140 Å². The molecule has 2 aromatic heterocycles. The number of para-hydroxylation sites is 1. The Morgan fingerprint density at radius 3 is 2.64 bits per heavy atom. The Kier molecular flexibility index (Phi) is 6.03. The number of amides is 2. The fourth-order valence-electron chi connectivity index (χ4n) is 3.25. The molecule has 1 fully saturated rings. The molecule has 4 rings (SSSR count). The number of benzene rings is 1. The van der Waals surface area contributed by atoms with Crippen molar-refractivity contribution in [2.45, 2.75) is 12.8 Å². The Bertz CT molecular complexity index is 1280. The molecule has 11 heteroatoms. The maximum absolute atomic E-state index is 12.4. The number of carbonyl (C=O) groups is 2. The van der Waals surface area contributed by atoms with Gasteiger partial charge in [0, 0.05) is 37.8 Å². The van der Waals surface area contributed by atoms with Gasteiger partial charge in [-0.15, -0.1) is 10.2 Å². The van der Waals surface area contributed by atoms with Gasteiger partial charge in [-0.05, 0) is 25.0 Å². The largest absolute Gasteiger partial charge is 0.494 e. The van der Waals surface area contributed by atoms with Crippen molar-refractivity contribution in [1.29, 1.82) is 0 Å². The summed E-state index contributed by atoms with van der Waals surface area (Å²) in [6.07, 6.45) is 4.55. The number of carbonyl (C=O) groups excluding carboxylic acids is 2. The molecule has 0 saturated heterocycles. The SMILES string of the molecule is CNC(=O)c1nnc(NC(=O)C2CC2)cc1Nc1cccc(-c2cn(C)c(=O)cn2)c1OC. The zero-order valence-corrected chi connectivity index (χ0v) is 18.4. The van der Waals surface area contributed by atoms with E-state index in [2.05, 4.69) is 31.1 Å². The van der Waals surface area contributed by atoms with Gasteiger partial charge in [0.25, 0.3) is 11.5 Å². The van der Waals surface area contributed by atoms with Gasteiger partial charge in [-0.1, -0.05) is 6.07 Å². The first-order chi connectivity index (χ1) is 15.9. The Morgan fingerprint density at radius 2 is 1.97 bits per heavy atom. The Balaban J connectivity index is 1.73. The normalized spacial score (nSPS) is 12.7. The van der Waals surface area contributed by atoms with Crippen LogP contribution in [0.25, 0.3) is 11.3 Å². The van der Waals surface area contributed by atoms with Crippen LogP contribution in [0.1, 0.15) is 23.3 Å². The molecule has 2 amide bonds. The van der Waals surface area contributed by atoms with E-state index in [9.17, 15) is 14.4 Å². The molecule has 1 saturated carbocycles. The maximum Gasteiger partial charge on any atom is 0.273 e. The molecule has 1 aromatic carbocycles. The number of rotatable bonds is 7. The lowest BCUT2D eigenvalue weighted by Crippen LogP contribution is -2.22. The molecule has 0 radical (unpaired) electrons. The predicted octanol–water partition coefficient (Wildman–Crippen LogP) is 1.70. The molecule has 0 unspecified atom stereocenters. The van der Waals surface area contributed by atoms with Gasteiger partial charge >= 0.3 is 0 Å². The van der Waals surface area contributed by atoms with Crippen LogP contribution in [0.5, 0.6) is 5.75 Å².